The van der Waals surface area contributed by atoms with Crippen LogP contribution in [0.2, 0.25) is 15.1 Å². The van der Waals surface area contributed by atoms with Crippen LogP contribution < -0.4 is 9.62 Å². The van der Waals surface area contributed by atoms with Crippen molar-refractivity contribution in [2.24, 2.45) is 0 Å². The van der Waals surface area contributed by atoms with Gasteiger partial charge in [-0.1, -0.05) is 102 Å². The summed E-state index contributed by atoms with van der Waals surface area (Å²) in [6.45, 7) is -1.14. The molecule has 4 aromatic rings. The molecule has 1 N–H and O–H groups in total. The Labute approximate surface area is 304 Å². The Morgan fingerprint density at radius 2 is 1.42 bits per heavy atom. The van der Waals surface area contributed by atoms with E-state index < -0.39 is 56.9 Å². The van der Waals surface area contributed by atoms with Crippen molar-refractivity contribution in [1.29, 1.82) is 0 Å². The maximum Gasteiger partial charge on any atom is 0.417 e. The number of amides is 2. The smallest absolute Gasteiger partial charge is 0.352 e. The molecule has 1 unspecified atom stereocenters. The SMILES string of the molecule is O=C(NC1CCCC1)C(Cc1ccccc1)N(Cc1ccc(Cl)c(Cl)c1)C(=O)CN(c1ccc(Cl)c(C(F)(F)F)c1)S(=O)(=O)c1ccccc1. The summed E-state index contributed by atoms with van der Waals surface area (Å²) in [4.78, 5) is 29.7. The number of benzene rings is 4. The van der Waals surface area contributed by atoms with Crippen molar-refractivity contribution in [3.63, 3.8) is 0 Å². The fraction of sp³-hybridized carbons (Fsp3) is 0.278. The van der Waals surface area contributed by atoms with Gasteiger partial charge in [-0.15, -0.1) is 0 Å². The number of alkyl halides is 3. The largest absolute Gasteiger partial charge is 0.417 e. The topological polar surface area (TPSA) is 86.8 Å². The zero-order valence-corrected chi connectivity index (χ0v) is 29.6. The lowest BCUT2D eigenvalue weighted by Gasteiger charge is -2.34. The molecule has 0 heterocycles. The normalized spacial score (nSPS) is 14.3. The number of hydrogen-bond donors (Lipinski definition) is 1. The zero-order valence-electron chi connectivity index (χ0n) is 26.5. The summed E-state index contributed by atoms with van der Waals surface area (Å²) in [5.41, 5.74) is -0.499. The molecular formula is C36H33Cl3F3N3O4S. The second-order valence-corrected chi connectivity index (χ2v) is 15.0. The number of hydrogen-bond acceptors (Lipinski definition) is 4. The first-order valence-electron chi connectivity index (χ1n) is 15.8. The minimum Gasteiger partial charge on any atom is -0.352 e. The van der Waals surface area contributed by atoms with Crippen molar-refractivity contribution in [2.45, 2.75) is 61.8 Å². The number of carbonyl (C=O) groups excluding carboxylic acids is 2. The van der Waals surface area contributed by atoms with Crippen LogP contribution in [-0.2, 0) is 38.8 Å². The predicted molar refractivity (Wildman–Crippen MR) is 189 cm³/mol. The van der Waals surface area contributed by atoms with E-state index in [4.69, 9.17) is 34.8 Å². The van der Waals surface area contributed by atoms with E-state index in [0.717, 1.165) is 43.4 Å². The summed E-state index contributed by atoms with van der Waals surface area (Å²) in [6.07, 6.45) is -1.44. The molecule has 0 aliphatic heterocycles. The highest BCUT2D eigenvalue weighted by Gasteiger charge is 2.38. The predicted octanol–water partition coefficient (Wildman–Crippen LogP) is 8.56. The van der Waals surface area contributed by atoms with Gasteiger partial charge in [0.1, 0.15) is 12.6 Å². The molecule has 0 spiro atoms. The molecule has 1 aliphatic carbocycles. The van der Waals surface area contributed by atoms with Crippen LogP contribution in [0.25, 0.3) is 0 Å². The van der Waals surface area contributed by atoms with Gasteiger partial charge in [-0.05, 0) is 66.4 Å². The Morgan fingerprint density at radius 3 is 2.04 bits per heavy atom. The molecule has 0 radical (unpaired) electrons. The Kier molecular flexibility index (Phi) is 12.0. The summed E-state index contributed by atoms with van der Waals surface area (Å²) < 4.78 is 70.8. The molecule has 264 valence electrons. The maximum absolute atomic E-state index is 14.6. The van der Waals surface area contributed by atoms with Crippen molar-refractivity contribution in [3.05, 3.63) is 129 Å². The molecule has 50 heavy (non-hydrogen) atoms. The van der Waals surface area contributed by atoms with Gasteiger partial charge in [0.05, 0.1) is 31.2 Å². The van der Waals surface area contributed by atoms with E-state index in [1.807, 2.05) is 6.07 Å². The lowest BCUT2D eigenvalue weighted by atomic mass is 10.0. The van der Waals surface area contributed by atoms with Gasteiger partial charge in [0.25, 0.3) is 10.0 Å². The van der Waals surface area contributed by atoms with Crippen molar-refractivity contribution < 1.29 is 31.2 Å². The average Bonchev–Trinajstić information content (AvgIpc) is 3.60. The van der Waals surface area contributed by atoms with Gasteiger partial charge in [-0.3, -0.25) is 13.9 Å². The van der Waals surface area contributed by atoms with Gasteiger partial charge in [0.2, 0.25) is 11.8 Å². The Bertz CT molecular complexity index is 1930. The van der Waals surface area contributed by atoms with E-state index in [2.05, 4.69) is 5.32 Å². The molecule has 1 fully saturated rings. The molecule has 0 aromatic heterocycles. The van der Waals surface area contributed by atoms with E-state index in [9.17, 15) is 31.2 Å². The molecule has 1 atom stereocenters. The Balaban J connectivity index is 1.62. The summed E-state index contributed by atoms with van der Waals surface area (Å²) in [6, 6.07) is 22.1. The van der Waals surface area contributed by atoms with Gasteiger partial charge in [0, 0.05) is 19.0 Å². The number of halogens is 6. The van der Waals surface area contributed by atoms with Gasteiger partial charge in [0.15, 0.2) is 0 Å². The summed E-state index contributed by atoms with van der Waals surface area (Å²) in [5.74, 6) is -1.29. The number of sulfonamides is 1. The maximum atomic E-state index is 14.6. The number of nitrogens with zero attached hydrogens (tertiary/aromatic N) is 2. The Hall–Kier alpha value is -3.77. The fourth-order valence-electron chi connectivity index (χ4n) is 5.89. The van der Waals surface area contributed by atoms with Gasteiger partial charge < -0.3 is 10.2 Å². The quantitative estimate of drug-likeness (QED) is 0.157. The van der Waals surface area contributed by atoms with Crippen LogP contribution in [0.3, 0.4) is 0 Å². The zero-order chi connectivity index (χ0) is 36.1. The highest BCUT2D eigenvalue weighted by atomic mass is 35.5. The van der Waals surface area contributed by atoms with Crippen LogP contribution in [0.15, 0.2) is 102 Å². The molecule has 2 amide bonds. The summed E-state index contributed by atoms with van der Waals surface area (Å²) in [7, 11) is -4.63. The third-order valence-corrected chi connectivity index (χ3v) is 11.3. The lowest BCUT2D eigenvalue weighted by Crippen LogP contribution is -2.54. The molecular weight excluding hydrogens is 734 g/mol. The van der Waals surface area contributed by atoms with Gasteiger partial charge in [-0.2, -0.15) is 13.2 Å². The number of anilines is 1. The van der Waals surface area contributed by atoms with E-state index >= 15 is 0 Å². The van der Waals surface area contributed by atoms with E-state index in [0.29, 0.717) is 15.9 Å². The van der Waals surface area contributed by atoms with Crippen molar-refractivity contribution in [3.8, 4) is 0 Å². The molecule has 5 rings (SSSR count). The molecule has 7 nitrogen and oxygen atoms in total. The molecule has 1 aliphatic rings. The first-order valence-corrected chi connectivity index (χ1v) is 18.3. The molecule has 1 saturated carbocycles. The van der Waals surface area contributed by atoms with E-state index in [-0.39, 0.29) is 33.9 Å². The third kappa shape index (κ3) is 9.11. The van der Waals surface area contributed by atoms with Gasteiger partial charge >= 0.3 is 6.18 Å². The standard InChI is InChI=1S/C36H33Cl3F3N3O4S/c37-30-18-16-27(21-29(30)36(40,41)42)45(50(48,49)28-13-5-2-6-14-28)23-34(46)44(22-25-15-17-31(38)32(39)19-25)33(20-24-9-3-1-4-10-24)35(47)43-26-11-7-8-12-26/h1-6,9-10,13-19,21,26,33H,7-8,11-12,20,22-23H2,(H,43,47). The lowest BCUT2D eigenvalue weighted by molar-refractivity contribution is -0.140. The number of nitrogens with one attached hydrogen (secondary N) is 1. The number of carbonyl (C=O) groups is 2. The first kappa shape index (κ1) is 37.5. The number of rotatable bonds is 12. The second-order valence-electron chi connectivity index (χ2n) is 12.0. The van der Waals surface area contributed by atoms with Crippen LogP contribution in [0.5, 0.6) is 0 Å². The third-order valence-electron chi connectivity index (χ3n) is 8.46. The molecule has 0 bridgehead atoms. The molecule has 14 heteroatoms. The van der Waals surface area contributed by atoms with Crippen molar-refractivity contribution >= 4 is 62.3 Å². The van der Waals surface area contributed by atoms with E-state index in [1.54, 1.807) is 36.4 Å². The highest BCUT2D eigenvalue weighted by molar-refractivity contribution is 7.92. The van der Waals surface area contributed by atoms with Crippen LogP contribution in [0.1, 0.15) is 42.4 Å². The van der Waals surface area contributed by atoms with E-state index in [1.165, 1.54) is 41.3 Å². The minimum atomic E-state index is -4.92. The Morgan fingerprint density at radius 1 is 0.800 bits per heavy atom. The fourth-order valence-corrected chi connectivity index (χ4v) is 7.86. The van der Waals surface area contributed by atoms with Crippen LogP contribution in [0.4, 0.5) is 18.9 Å². The average molecular weight is 767 g/mol. The highest BCUT2D eigenvalue weighted by Crippen LogP contribution is 2.38. The van der Waals surface area contributed by atoms with Crippen molar-refractivity contribution in [2.75, 3.05) is 10.8 Å². The van der Waals surface area contributed by atoms with Crippen molar-refractivity contribution in [1.82, 2.24) is 10.2 Å². The van der Waals surface area contributed by atoms with Crippen LogP contribution >= 0.6 is 34.8 Å². The molecule has 0 saturated heterocycles. The second kappa shape index (κ2) is 16.1. The summed E-state index contributed by atoms with van der Waals surface area (Å²) in [5, 5.41) is 2.88. The monoisotopic (exact) mass is 765 g/mol. The van der Waals surface area contributed by atoms with Crippen LogP contribution in [0, 0.1) is 0 Å². The van der Waals surface area contributed by atoms with Crippen LogP contribution in [-0.4, -0.2) is 43.8 Å². The summed E-state index contributed by atoms with van der Waals surface area (Å²) >= 11 is 18.4. The minimum absolute atomic E-state index is 0.0665. The van der Waals surface area contributed by atoms with Gasteiger partial charge in [-0.25, -0.2) is 8.42 Å². The molecule has 4 aromatic carbocycles. The first-order chi connectivity index (χ1) is 23.7.